The van der Waals surface area contributed by atoms with Gasteiger partial charge in [0.1, 0.15) is 5.56 Å². The number of carbonyl (C=O) groups is 2. The van der Waals surface area contributed by atoms with E-state index in [9.17, 15) is 18.4 Å². The Balaban J connectivity index is 3.80. The predicted octanol–water partition coefficient (Wildman–Crippen LogP) is 2.32. The van der Waals surface area contributed by atoms with Crippen LogP contribution < -0.4 is 0 Å². The van der Waals surface area contributed by atoms with Crippen molar-refractivity contribution < 1.29 is 28.6 Å². The third kappa shape index (κ3) is 1.71. The van der Waals surface area contributed by atoms with Crippen molar-refractivity contribution in [1.29, 1.82) is 0 Å². The molecule has 0 atom stereocenters. The molecule has 0 heterocycles. The molecule has 4 nitrogen and oxygen atoms in total. The molecule has 0 saturated carbocycles. The number of halogens is 3. The molecule has 0 aromatic heterocycles. The van der Waals surface area contributed by atoms with Crippen molar-refractivity contribution in [1.82, 2.24) is 0 Å². The van der Waals surface area contributed by atoms with E-state index in [-0.39, 0.29) is 0 Å². The molecule has 0 aliphatic heterocycles. The van der Waals surface area contributed by atoms with E-state index >= 15 is 0 Å². The zero-order chi connectivity index (χ0) is 12.6. The highest BCUT2D eigenvalue weighted by atomic mass is 35.5. The molecule has 0 radical (unpaired) electrons. The van der Waals surface area contributed by atoms with Gasteiger partial charge < -0.3 is 10.2 Å². The largest absolute Gasteiger partial charge is 0.478 e. The van der Waals surface area contributed by atoms with Crippen LogP contribution in [0.25, 0.3) is 0 Å². The van der Waals surface area contributed by atoms with E-state index in [1.165, 1.54) is 0 Å². The minimum atomic E-state index is -1.76. The van der Waals surface area contributed by atoms with Crippen LogP contribution >= 0.6 is 11.6 Å². The summed E-state index contributed by atoms with van der Waals surface area (Å²) < 4.78 is 26.3. The quantitative estimate of drug-likeness (QED) is 0.790. The fourth-order valence-corrected chi connectivity index (χ4v) is 1.58. The number of aromatic carboxylic acids is 2. The highest BCUT2D eigenvalue weighted by Gasteiger charge is 2.28. The number of rotatable bonds is 2. The molecule has 0 fully saturated rings. The van der Waals surface area contributed by atoms with Gasteiger partial charge in [-0.1, -0.05) is 11.6 Å². The first-order valence-corrected chi connectivity index (χ1v) is 4.30. The fourth-order valence-electron chi connectivity index (χ4n) is 1.28. The van der Waals surface area contributed by atoms with Crippen LogP contribution in [0.5, 0.6) is 0 Å². The van der Waals surface area contributed by atoms with Crippen molar-refractivity contribution in [3.8, 4) is 0 Å². The molecule has 0 aliphatic carbocycles. The van der Waals surface area contributed by atoms with Crippen LogP contribution in [0.4, 0.5) is 8.78 Å². The molecule has 0 bridgehead atoms. The third-order valence-electron chi connectivity index (χ3n) is 2.00. The first kappa shape index (κ1) is 12.4. The Bertz CT molecular complexity index is 458. The average molecular weight is 251 g/mol. The number of carboxylic acids is 2. The van der Waals surface area contributed by atoms with Crippen molar-refractivity contribution in [2.24, 2.45) is 0 Å². The summed E-state index contributed by atoms with van der Waals surface area (Å²) in [6, 6.07) is 0. The summed E-state index contributed by atoms with van der Waals surface area (Å²) in [5.41, 5.74) is -2.21. The van der Waals surface area contributed by atoms with Gasteiger partial charge in [-0.2, -0.15) is 0 Å². The monoisotopic (exact) mass is 250 g/mol. The fraction of sp³-hybridized carbons (Fsp3) is 0.111. The lowest BCUT2D eigenvalue weighted by Gasteiger charge is -2.09. The van der Waals surface area contributed by atoms with Crippen LogP contribution in [0.15, 0.2) is 0 Å². The molecule has 1 aromatic carbocycles. The lowest BCUT2D eigenvalue weighted by atomic mass is 10.0. The van der Waals surface area contributed by atoms with Crippen LogP contribution in [-0.4, -0.2) is 22.2 Å². The molecular weight excluding hydrogens is 246 g/mol. The third-order valence-corrected chi connectivity index (χ3v) is 2.36. The zero-order valence-electron chi connectivity index (χ0n) is 7.84. The molecule has 7 heteroatoms. The predicted molar refractivity (Wildman–Crippen MR) is 50.0 cm³/mol. The smallest absolute Gasteiger partial charge is 0.339 e. The summed E-state index contributed by atoms with van der Waals surface area (Å²) >= 11 is 5.29. The average Bonchev–Trinajstić information content (AvgIpc) is 2.13. The Morgan fingerprint density at radius 3 is 1.88 bits per heavy atom. The number of hydrogen-bond acceptors (Lipinski definition) is 2. The standard InChI is InChI=1S/C9H5ClF2O4/c1-2-3(8(13)14)5(10)7(12)6(11)4(2)9(15)16/h1H3,(H,13,14)(H,15,16). The molecule has 1 rings (SSSR count). The first-order chi connectivity index (χ1) is 7.29. The Morgan fingerprint density at radius 2 is 1.50 bits per heavy atom. The Morgan fingerprint density at radius 1 is 1.06 bits per heavy atom. The maximum absolute atomic E-state index is 13.2. The van der Waals surface area contributed by atoms with E-state index in [0.717, 1.165) is 6.92 Å². The SMILES string of the molecule is Cc1c(C(=O)O)c(F)c(F)c(Cl)c1C(=O)O. The highest BCUT2D eigenvalue weighted by Crippen LogP contribution is 2.29. The van der Waals surface area contributed by atoms with E-state index in [0.29, 0.717) is 0 Å². The second-order valence-corrected chi connectivity index (χ2v) is 3.31. The first-order valence-electron chi connectivity index (χ1n) is 3.92. The number of benzene rings is 1. The van der Waals surface area contributed by atoms with Crippen molar-refractivity contribution in [2.45, 2.75) is 6.92 Å². The molecule has 0 unspecified atom stereocenters. The molecular formula is C9H5ClF2O4. The van der Waals surface area contributed by atoms with Crippen molar-refractivity contribution in [3.05, 3.63) is 33.3 Å². The molecule has 16 heavy (non-hydrogen) atoms. The van der Waals surface area contributed by atoms with Crippen molar-refractivity contribution in [3.63, 3.8) is 0 Å². The van der Waals surface area contributed by atoms with Crippen molar-refractivity contribution >= 4 is 23.5 Å². The Kier molecular flexibility index (Phi) is 3.14. The lowest BCUT2D eigenvalue weighted by Crippen LogP contribution is -2.13. The van der Waals surface area contributed by atoms with Gasteiger partial charge in [-0.05, 0) is 12.5 Å². The highest BCUT2D eigenvalue weighted by molar-refractivity contribution is 6.34. The van der Waals surface area contributed by atoms with E-state index in [1.54, 1.807) is 0 Å². The van der Waals surface area contributed by atoms with E-state index in [4.69, 9.17) is 21.8 Å². The minimum Gasteiger partial charge on any atom is -0.478 e. The normalized spacial score (nSPS) is 10.2. The van der Waals surface area contributed by atoms with Crippen LogP contribution in [-0.2, 0) is 0 Å². The van der Waals surface area contributed by atoms with Gasteiger partial charge in [-0.3, -0.25) is 0 Å². The molecule has 0 spiro atoms. The maximum atomic E-state index is 13.2. The molecule has 0 saturated heterocycles. The van der Waals surface area contributed by atoms with E-state index in [2.05, 4.69) is 0 Å². The van der Waals surface area contributed by atoms with Gasteiger partial charge in [-0.15, -0.1) is 0 Å². The minimum absolute atomic E-state index is 0.427. The van der Waals surface area contributed by atoms with Crippen LogP contribution in [0, 0.1) is 18.6 Å². The topological polar surface area (TPSA) is 74.6 Å². The molecule has 0 aliphatic rings. The molecule has 2 N–H and O–H groups in total. The van der Waals surface area contributed by atoms with Crippen molar-refractivity contribution in [2.75, 3.05) is 0 Å². The Labute approximate surface area is 93.1 Å². The second kappa shape index (κ2) is 4.05. The number of carboxylic acid groups (broad SMARTS) is 2. The molecule has 1 aromatic rings. The van der Waals surface area contributed by atoms with Gasteiger partial charge >= 0.3 is 11.9 Å². The summed E-state index contributed by atoms with van der Waals surface area (Å²) in [6.07, 6.45) is 0. The van der Waals surface area contributed by atoms with E-state index in [1.807, 2.05) is 0 Å². The lowest BCUT2D eigenvalue weighted by molar-refractivity contribution is 0.0689. The van der Waals surface area contributed by atoms with Gasteiger partial charge in [0, 0.05) is 0 Å². The van der Waals surface area contributed by atoms with E-state index < -0.39 is 45.3 Å². The van der Waals surface area contributed by atoms with Gasteiger partial charge in [0.05, 0.1) is 10.6 Å². The summed E-state index contributed by atoms with van der Waals surface area (Å²) in [5, 5.41) is 16.4. The van der Waals surface area contributed by atoms with Crippen LogP contribution in [0.2, 0.25) is 5.02 Å². The van der Waals surface area contributed by atoms with Gasteiger partial charge in [-0.25, -0.2) is 18.4 Å². The molecule has 86 valence electrons. The van der Waals surface area contributed by atoms with Gasteiger partial charge in [0.15, 0.2) is 11.6 Å². The summed E-state index contributed by atoms with van der Waals surface area (Å²) in [7, 11) is 0. The van der Waals surface area contributed by atoms with Gasteiger partial charge in [0.2, 0.25) is 0 Å². The maximum Gasteiger partial charge on any atom is 0.339 e. The number of hydrogen-bond donors (Lipinski definition) is 2. The summed E-state index contributed by atoms with van der Waals surface area (Å²) in [4.78, 5) is 21.4. The Hall–Kier alpha value is -1.69. The summed E-state index contributed by atoms with van der Waals surface area (Å²) in [6.45, 7) is 1.04. The summed E-state index contributed by atoms with van der Waals surface area (Å²) in [5.74, 6) is -6.72. The van der Waals surface area contributed by atoms with Crippen LogP contribution in [0.3, 0.4) is 0 Å². The van der Waals surface area contributed by atoms with Crippen LogP contribution in [0.1, 0.15) is 26.3 Å². The zero-order valence-corrected chi connectivity index (χ0v) is 8.60. The second-order valence-electron chi connectivity index (χ2n) is 2.93. The molecule has 0 amide bonds. The van der Waals surface area contributed by atoms with Gasteiger partial charge in [0.25, 0.3) is 0 Å².